The second-order valence-electron chi connectivity index (χ2n) is 3.56. The van der Waals surface area contributed by atoms with E-state index in [1.165, 1.54) is 18.2 Å². The molecule has 1 aliphatic rings. The smallest absolute Gasteiger partial charge is 0.253 e. The van der Waals surface area contributed by atoms with Gasteiger partial charge >= 0.3 is 0 Å². The molecule has 0 saturated carbocycles. The van der Waals surface area contributed by atoms with Crippen LogP contribution in [0.3, 0.4) is 0 Å². The molecule has 1 aromatic rings. The third-order valence-corrected chi connectivity index (χ3v) is 2.70. The topological polar surface area (TPSA) is 53.5 Å². The summed E-state index contributed by atoms with van der Waals surface area (Å²) >= 11 is 5.90. The van der Waals surface area contributed by atoms with Crippen molar-refractivity contribution in [3.8, 4) is 0 Å². The molecular formula is C11H11ClFN3O. The average Bonchev–Trinajstić information content (AvgIpc) is 2.60. The van der Waals surface area contributed by atoms with E-state index in [-0.39, 0.29) is 10.9 Å². The Labute approximate surface area is 103 Å². The Hall–Kier alpha value is -1.62. The van der Waals surface area contributed by atoms with Crippen molar-refractivity contribution in [3.63, 3.8) is 0 Å². The maximum Gasteiger partial charge on any atom is 0.253 e. The highest BCUT2D eigenvalue weighted by atomic mass is 35.5. The van der Waals surface area contributed by atoms with Crippen LogP contribution in [0.2, 0.25) is 5.02 Å². The van der Waals surface area contributed by atoms with Crippen LogP contribution in [0.15, 0.2) is 23.2 Å². The van der Waals surface area contributed by atoms with Gasteiger partial charge in [-0.2, -0.15) is 0 Å². The lowest BCUT2D eigenvalue weighted by molar-refractivity contribution is -0.120. The Balaban J connectivity index is 2.29. The zero-order valence-electron chi connectivity index (χ0n) is 9.13. The third kappa shape index (κ3) is 2.39. The van der Waals surface area contributed by atoms with Gasteiger partial charge in [0.05, 0.1) is 0 Å². The molecule has 17 heavy (non-hydrogen) atoms. The molecule has 1 amide bonds. The van der Waals surface area contributed by atoms with Crippen LogP contribution in [-0.4, -0.2) is 18.4 Å². The summed E-state index contributed by atoms with van der Waals surface area (Å²) in [4.78, 5) is 15.7. The van der Waals surface area contributed by atoms with E-state index in [1.54, 1.807) is 0 Å². The molecule has 1 fully saturated rings. The first kappa shape index (κ1) is 11.9. The van der Waals surface area contributed by atoms with Crippen LogP contribution in [-0.2, 0) is 4.79 Å². The van der Waals surface area contributed by atoms with Crippen LogP contribution in [0.4, 0.5) is 4.39 Å². The van der Waals surface area contributed by atoms with E-state index in [9.17, 15) is 9.18 Å². The fourth-order valence-electron chi connectivity index (χ4n) is 1.63. The number of aliphatic imine (C=N–C) groups is 1. The van der Waals surface area contributed by atoms with Crippen molar-refractivity contribution in [2.75, 3.05) is 6.54 Å². The Morgan fingerprint density at radius 2 is 2.29 bits per heavy atom. The Morgan fingerprint density at radius 3 is 2.94 bits per heavy atom. The summed E-state index contributed by atoms with van der Waals surface area (Å²) in [6.45, 7) is 2.42. The number of carbonyl (C=O) groups is 1. The molecule has 90 valence electrons. The molecule has 1 heterocycles. The standard InChI is InChI=1S/C11H11ClFN3O/c1-2-14-11-15-9(10(17)16-11)7-4-3-6(13)5-8(7)12/h3-5,9H,2H2,1H3,(H2,14,15,16,17). The Morgan fingerprint density at radius 1 is 1.53 bits per heavy atom. The number of halogens is 2. The van der Waals surface area contributed by atoms with Crippen molar-refractivity contribution in [1.82, 2.24) is 10.6 Å². The van der Waals surface area contributed by atoms with Gasteiger partial charge in [0.1, 0.15) is 11.9 Å². The predicted octanol–water partition coefficient (Wildman–Crippen LogP) is 1.62. The SMILES string of the molecule is CCN=C1NC(=O)C(c2ccc(F)cc2Cl)N1. The van der Waals surface area contributed by atoms with Crippen molar-refractivity contribution in [2.45, 2.75) is 13.0 Å². The average molecular weight is 256 g/mol. The van der Waals surface area contributed by atoms with Crippen molar-refractivity contribution in [1.29, 1.82) is 0 Å². The molecule has 4 nitrogen and oxygen atoms in total. The van der Waals surface area contributed by atoms with E-state index in [0.29, 0.717) is 18.1 Å². The van der Waals surface area contributed by atoms with Crippen molar-refractivity contribution >= 4 is 23.5 Å². The lowest BCUT2D eigenvalue weighted by Crippen LogP contribution is -2.25. The van der Waals surface area contributed by atoms with Gasteiger partial charge < -0.3 is 5.32 Å². The van der Waals surface area contributed by atoms with Gasteiger partial charge in [-0.1, -0.05) is 17.7 Å². The van der Waals surface area contributed by atoms with Crippen LogP contribution in [0, 0.1) is 5.82 Å². The highest BCUT2D eigenvalue weighted by Crippen LogP contribution is 2.25. The number of nitrogens with one attached hydrogen (secondary N) is 2. The highest BCUT2D eigenvalue weighted by molar-refractivity contribution is 6.31. The van der Waals surface area contributed by atoms with Gasteiger partial charge in [-0.25, -0.2) is 4.39 Å². The minimum atomic E-state index is -0.617. The van der Waals surface area contributed by atoms with Gasteiger partial charge in [-0.15, -0.1) is 0 Å². The highest BCUT2D eigenvalue weighted by Gasteiger charge is 2.30. The monoisotopic (exact) mass is 255 g/mol. The first-order chi connectivity index (χ1) is 8.11. The number of carbonyl (C=O) groups excluding carboxylic acids is 1. The van der Waals surface area contributed by atoms with Crippen LogP contribution in [0.25, 0.3) is 0 Å². The fourth-order valence-corrected chi connectivity index (χ4v) is 1.90. The molecule has 1 saturated heterocycles. The largest absolute Gasteiger partial charge is 0.340 e. The van der Waals surface area contributed by atoms with E-state index >= 15 is 0 Å². The van der Waals surface area contributed by atoms with Gasteiger partial charge in [-0.3, -0.25) is 15.1 Å². The molecule has 2 N–H and O–H groups in total. The number of rotatable bonds is 2. The van der Waals surface area contributed by atoms with Crippen molar-refractivity contribution in [3.05, 3.63) is 34.6 Å². The number of amides is 1. The van der Waals surface area contributed by atoms with Gasteiger partial charge in [-0.05, 0) is 19.1 Å². The number of hydrogen-bond acceptors (Lipinski definition) is 2. The molecule has 0 radical (unpaired) electrons. The summed E-state index contributed by atoms with van der Waals surface area (Å²) < 4.78 is 12.9. The summed E-state index contributed by atoms with van der Waals surface area (Å²) in [5, 5.41) is 5.71. The van der Waals surface area contributed by atoms with Gasteiger partial charge in [0.15, 0.2) is 5.96 Å². The molecule has 0 aliphatic carbocycles. The molecule has 6 heteroatoms. The molecule has 1 unspecified atom stereocenters. The third-order valence-electron chi connectivity index (χ3n) is 2.37. The number of benzene rings is 1. The van der Waals surface area contributed by atoms with Crippen molar-refractivity contribution in [2.24, 2.45) is 4.99 Å². The zero-order valence-corrected chi connectivity index (χ0v) is 9.88. The summed E-state index contributed by atoms with van der Waals surface area (Å²) in [5.41, 5.74) is 0.534. The lowest BCUT2D eigenvalue weighted by Gasteiger charge is -2.09. The maximum atomic E-state index is 12.9. The predicted molar refractivity (Wildman–Crippen MR) is 63.4 cm³/mol. The normalized spacial score (nSPS) is 21.5. The van der Waals surface area contributed by atoms with Crippen LogP contribution in [0.5, 0.6) is 0 Å². The van der Waals surface area contributed by atoms with E-state index in [2.05, 4.69) is 15.6 Å². The minimum Gasteiger partial charge on any atom is -0.340 e. The molecule has 1 aromatic carbocycles. The first-order valence-corrected chi connectivity index (χ1v) is 5.56. The van der Waals surface area contributed by atoms with E-state index in [0.717, 1.165) is 0 Å². The van der Waals surface area contributed by atoms with Crippen LogP contribution < -0.4 is 10.6 Å². The molecule has 0 bridgehead atoms. The van der Waals surface area contributed by atoms with Crippen molar-refractivity contribution < 1.29 is 9.18 Å². The number of nitrogens with zero attached hydrogens (tertiary/aromatic N) is 1. The van der Waals surface area contributed by atoms with Gasteiger partial charge in [0, 0.05) is 17.1 Å². The first-order valence-electron chi connectivity index (χ1n) is 5.18. The molecule has 1 aliphatic heterocycles. The summed E-state index contributed by atoms with van der Waals surface area (Å²) in [6, 6.07) is 3.32. The lowest BCUT2D eigenvalue weighted by atomic mass is 10.1. The Bertz CT molecular complexity index is 490. The number of guanidine groups is 1. The van der Waals surface area contributed by atoms with Gasteiger partial charge in [0.2, 0.25) is 0 Å². The number of hydrogen-bond donors (Lipinski definition) is 2. The molecular weight excluding hydrogens is 245 g/mol. The molecule has 1 atom stereocenters. The van der Waals surface area contributed by atoms with E-state index < -0.39 is 11.9 Å². The summed E-state index contributed by atoms with van der Waals surface area (Å²) in [7, 11) is 0. The summed E-state index contributed by atoms with van der Waals surface area (Å²) in [5.74, 6) is -0.256. The molecule has 0 aromatic heterocycles. The fraction of sp³-hybridized carbons (Fsp3) is 0.273. The van der Waals surface area contributed by atoms with E-state index in [1.807, 2.05) is 6.92 Å². The maximum absolute atomic E-state index is 12.9. The second kappa shape index (κ2) is 4.71. The summed E-state index contributed by atoms with van der Waals surface area (Å²) in [6.07, 6.45) is 0. The van der Waals surface area contributed by atoms with Crippen LogP contribution in [0.1, 0.15) is 18.5 Å². The van der Waals surface area contributed by atoms with Gasteiger partial charge in [0.25, 0.3) is 5.91 Å². The van der Waals surface area contributed by atoms with E-state index in [4.69, 9.17) is 11.6 Å². The zero-order chi connectivity index (χ0) is 12.4. The molecule has 0 spiro atoms. The Kier molecular flexibility index (Phi) is 3.28. The molecule has 2 rings (SSSR count). The van der Waals surface area contributed by atoms with Crippen LogP contribution >= 0.6 is 11.6 Å². The quantitative estimate of drug-likeness (QED) is 0.844. The minimum absolute atomic E-state index is 0.218. The second-order valence-corrected chi connectivity index (χ2v) is 3.96.